The number of rotatable bonds is 6. The summed E-state index contributed by atoms with van der Waals surface area (Å²) in [5, 5.41) is 8.62. The first-order valence-corrected chi connectivity index (χ1v) is 6.00. The van der Waals surface area contributed by atoms with E-state index in [0.29, 0.717) is 6.04 Å². The standard InChI is InChI=1S/C8H16O5Si/c1-7(8(9)10)5-6-14(11-2,12-3)13-4/h5H,6H2,1-4H3,(H,9,10)/b7-5+. The summed E-state index contributed by atoms with van der Waals surface area (Å²) in [4.78, 5) is 10.5. The zero-order valence-electron chi connectivity index (χ0n) is 8.86. The Balaban J connectivity index is 4.46. The summed E-state index contributed by atoms with van der Waals surface area (Å²) in [7, 11) is 1.80. The number of hydrogen-bond acceptors (Lipinski definition) is 4. The molecule has 0 spiro atoms. The molecule has 5 nitrogen and oxygen atoms in total. The van der Waals surface area contributed by atoms with Gasteiger partial charge in [0.15, 0.2) is 0 Å². The van der Waals surface area contributed by atoms with E-state index in [4.69, 9.17) is 18.4 Å². The average Bonchev–Trinajstić information content (AvgIpc) is 2.20. The Labute approximate surface area is 84.7 Å². The number of allylic oxidation sites excluding steroid dienone is 1. The van der Waals surface area contributed by atoms with Gasteiger partial charge in [-0.05, 0) is 6.92 Å². The fraction of sp³-hybridized carbons (Fsp3) is 0.625. The summed E-state index contributed by atoms with van der Waals surface area (Å²) in [6.45, 7) is 1.52. The predicted molar refractivity (Wildman–Crippen MR) is 53.0 cm³/mol. The minimum Gasteiger partial charge on any atom is -0.478 e. The summed E-state index contributed by atoms with van der Waals surface area (Å²) in [5.41, 5.74) is 0.257. The van der Waals surface area contributed by atoms with Crippen LogP contribution in [0, 0.1) is 0 Å². The van der Waals surface area contributed by atoms with E-state index in [9.17, 15) is 4.79 Å². The first-order valence-electron chi connectivity index (χ1n) is 4.07. The van der Waals surface area contributed by atoms with Crippen molar-refractivity contribution in [2.45, 2.75) is 13.0 Å². The van der Waals surface area contributed by atoms with Crippen LogP contribution in [0.1, 0.15) is 6.92 Å². The van der Waals surface area contributed by atoms with Crippen LogP contribution in [0.5, 0.6) is 0 Å². The molecule has 0 unspecified atom stereocenters. The van der Waals surface area contributed by atoms with Gasteiger partial charge in [0.2, 0.25) is 0 Å². The lowest BCUT2D eigenvalue weighted by atomic mass is 10.3. The molecule has 0 saturated heterocycles. The monoisotopic (exact) mass is 220 g/mol. The average molecular weight is 220 g/mol. The van der Waals surface area contributed by atoms with Gasteiger partial charge in [-0.3, -0.25) is 0 Å². The number of hydrogen-bond donors (Lipinski definition) is 1. The molecule has 0 saturated carbocycles. The van der Waals surface area contributed by atoms with Gasteiger partial charge in [0, 0.05) is 32.9 Å². The van der Waals surface area contributed by atoms with Crippen LogP contribution in [0.15, 0.2) is 11.6 Å². The SMILES string of the molecule is CO[Si](C/C=C(\C)C(=O)O)(OC)OC. The Morgan fingerprint density at radius 1 is 1.29 bits per heavy atom. The van der Waals surface area contributed by atoms with Gasteiger partial charge in [0.05, 0.1) is 0 Å². The van der Waals surface area contributed by atoms with E-state index in [-0.39, 0.29) is 5.57 Å². The van der Waals surface area contributed by atoms with E-state index < -0.39 is 14.8 Å². The summed E-state index contributed by atoms with van der Waals surface area (Å²) in [6, 6.07) is 0.356. The van der Waals surface area contributed by atoms with E-state index >= 15 is 0 Å². The smallest absolute Gasteiger partial charge is 0.478 e. The van der Waals surface area contributed by atoms with Gasteiger partial charge < -0.3 is 18.4 Å². The fourth-order valence-corrected chi connectivity index (χ4v) is 2.42. The molecule has 82 valence electrons. The molecule has 0 aromatic heterocycles. The van der Waals surface area contributed by atoms with Crippen LogP contribution in [-0.4, -0.2) is 41.2 Å². The number of aliphatic carboxylic acids is 1. The highest BCUT2D eigenvalue weighted by Gasteiger charge is 2.36. The molecule has 14 heavy (non-hydrogen) atoms. The van der Waals surface area contributed by atoms with Crippen LogP contribution in [-0.2, 0) is 18.1 Å². The summed E-state index contributed by atoms with van der Waals surface area (Å²) >= 11 is 0. The molecule has 1 N–H and O–H groups in total. The van der Waals surface area contributed by atoms with Crippen LogP contribution < -0.4 is 0 Å². The van der Waals surface area contributed by atoms with Gasteiger partial charge in [-0.1, -0.05) is 6.08 Å². The molecule has 0 aliphatic carbocycles. The van der Waals surface area contributed by atoms with E-state index in [2.05, 4.69) is 0 Å². The molecule has 0 aliphatic rings. The molecule has 6 heteroatoms. The Hall–Kier alpha value is -0.693. The first-order chi connectivity index (χ1) is 6.51. The van der Waals surface area contributed by atoms with Gasteiger partial charge in [0.1, 0.15) is 0 Å². The van der Waals surface area contributed by atoms with Crippen molar-refractivity contribution in [3.8, 4) is 0 Å². The van der Waals surface area contributed by atoms with Crippen LogP contribution in [0.2, 0.25) is 6.04 Å². The highest BCUT2D eigenvalue weighted by Crippen LogP contribution is 2.14. The fourth-order valence-electron chi connectivity index (χ4n) is 0.865. The maximum absolute atomic E-state index is 10.5. The van der Waals surface area contributed by atoms with E-state index in [1.165, 1.54) is 28.3 Å². The van der Waals surface area contributed by atoms with Gasteiger partial charge in [-0.15, -0.1) is 0 Å². The third-order valence-corrected chi connectivity index (χ3v) is 4.50. The zero-order valence-corrected chi connectivity index (χ0v) is 9.86. The molecule has 0 heterocycles. The summed E-state index contributed by atoms with van der Waals surface area (Å²) in [5.74, 6) is -0.948. The minimum atomic E-state index is -2.67. The molecule has 0 atom stereocenters. The maximum Gasteiger partial charge on any atom is 0.504 e. The Bertz CT molecular complexity index is 214. The third-order valence-electron chi connectivity index (χ3n) is 1.93. The molecule has 0 radical (unpaired) electrons. The third kappa shape index (κ3) is 3.58. The second-order valence-electron chi connectivity index (χ2n) is 2.69. The lowest BCUT2D eigenvalue weighted by Gasteiger charge is -2.22. The second kappa shape index (κ2) is 5.92. The predicted octanol–water partition coefficient (Wildman–Crippen LogP) is 0.895. The van der Waals surface area contributed by atoms with Crippen molar-refractivity contribution in [1.82, 2.24) is 0 Å². The van der Waals surface area contributed by atoms with E-state index in [0.717, 1.165) is 0 Å². The Kier molecular flexibility index (Phi) is 5.62. The molecular weight excluding hydrogens is 204 g/mol. The highest BCUT2D eigenvalue weighted by molar-refractivity contribution is 6.61. The highest BCUT2D eigenvalue weighted by atomic mass is 28.4. The van der Waals surface area contributed by atoms with Crippen LogP contribution in [0.25, 0.3) is 0 Å². The lowest BCUT2D eigenvalue weighted by molar-refractivity contribution is -0.132. The number of carbonyl (C=O) groups is 1. The van der Waals surface area contributed by atoms with Crippen molar-refractivity contribution in [3.05, 3.63) is 11.6 Å². The molecule has 0 bridgehead atoms. The Morgan fingerprint density at radius 2 is 1.71 bits per heavy atom. The van der Waals surface area contributed by atoms with Crippen LogP contribution in [0.3, 0.4) is 0 Å². The van der Waals surface area contributed by atoms with Crippen molar-refractivity contribution >= 4 is 14.8 Å². The number of carboxylic acids is 1. The second-order valence-corrected chi connectivity index (χ2v) is 5.69. The normalized spacial score (nSPS) is 13.0. The lowest BCUT2D eigenvalue weighted by Crippen LogP contribution is -2.42. The molecule has 0 amide bonds. The molecule has 0 rings (SSSR count). The Morgan fingerprint density at radius 3 is 2.00 bits per heavy atom. The largest absolute Gasteiger partial charge is 0.504 e. The molecule has 0 aliphatic heterocycles. The van der Waals surface area contributed by atoms with Crippen LogP contribution in [0.4, 0.5) is 0 Å². The van der Waals surface area contributed by atoms with E-state index in [1.54, 1.807) is 6.08 Å². The topological polar surface area (TPSA) is 65.0 Å². The number of carboxylic acid groups (broad SMARTS) is 1. The van der Waals surface area contributed by atoms with Crippen molar-refractivity contribution in [2.24, 2.45) is 0 Å². The van der Waals surface area contributed by atoms with Gasteiger partial charge in [0.25, 0.3) is 0 Å². The van der Waals surface area contributed by atoms with Crippen molar-refractivity contribution in [1.29, 1.82) is 0 Å². The van der Waals surface area contributed by atoms with Crippen molar-refractivity contribution < 1.29 is 23.2 Å². The summed E-state index contributed by atoms with van der Waals surface area (Å²) < 4.78 is 15.4. The summed E-state index contributed by atoms with van der Waals surface area (Å²) in [6.07, 6.45) is 1.55. The molecular formula is C8H16O5Si. The van der Waals surface area contributed by atoms with Gasteiger partial charge in [-0.2, -0.15) is 0 Å². The molecule has 0 aromatic rings. The quantitative estimate of drug-likeness (QED) is 0.532. The maximum atomic E-state index is 10.5. The van der Waals surface area contributed by atoms with Crippen LogP contribution >= 0.6 is 0 Å². The first kappa shape index (κ1) is 13.3. The zero-order chi connectivity index (χ0) is 11.2. The van der Waals surface area contributed by atoms with Crippen molar-refractivity contribution in [3.63, 3.8) is 0 Å². The molecule has 0 aromatic carbocycles. The van der Waals surface area contributed by atoms with Crippen molar-refractivity contribution in [2.75, 3.05) is 21.3 Å². The van der Waals surface area contributed by atoms with E-state index in [1.807, 2.05) is 0 Å². The molecule has 0 fully saturated rings. The minimum absolute atomic E-state index is 0.257. The van der Waals surface area contributed by atoms with Gasteiger partial charge in [-0.25, -0.2) is 4.79 Å². The van der Waals surface area contributed by atoms with Gasteiger partial charge >= 0.3 is 14.8 Å².